The van der Waals surface area contributed by atoms with Crippen molar-refractivity contribution in [2.75, 3.05) is 5.75 Å². The second kappa shape index (κ2) is 8.37. The van der Waals surface area contributed by atoms with Gasteiger partial charge in [-0.1, -0.05) is 52.6 Å². The molecule has 1 aliphatic heterocycles. The lowest BCUT2D eigenvalue weighted by Crippen LogP contribution is -2.42. The average molecular weight is 482 g/mol. The van der Waals surface area contributed by atoms with Gasteiger partial charge in [-0.15, -0.1) is 0 Å². The highest BCUT2D eigenvalue weighted by Gasteiger charge is 2.62. The van der Waals surface area contributed by atoms with Crippen LogP contribution in [-0.2, 0) is 27.0 Å². The van der Waals surface area contributed by atoms with E-state index in [4.69, 9.17) is 32.6 Å². The Hall–Kier alpha value is -1.81. The molecule has 0 aliphatic carbocycles. The zero-order chi connectivity index (χ0) is 22.2. The van der Waals surface area contributed by atoms with Crippen LogP contribution in [0.5, 0.6) is 0 Å². The third-order valence-electron chi connectivity index (χ3n) is 4.67. The van der Waals surface area contributed by atoms with Gasteiger partial charge in [0.15, 0.2) is 0 Å². The highest BCUT2D eigenvalue weighted by molar-refractivity contribution is 7.85. The first kappa shape index (κ1) is 22.9. The van der Waals surface area contributed by atoms with Gasteiger partial charge in [-0.2, -0.15) is 21.6 Å². The minimum Gasteiger partial charge on any atom is -0.374 e. The van der Waals surface area contributed by atoms with E-state index in [2.05, 4.69) is 5.16 Å². The summed E-state index contributed by atoms with van der Waals surface area (Å²) in [6.07, 6.45) is -4.73. The summed E-state index contributed by atoms with van der Waals surface area (Å²) in [4.78, 5) is 4.95. The third-order valence-corrected chi connectivity index (χ3v) is 5.91. The predicted molar refractivity (Wildman–Crippen MR) is 108 cm³/mol. The van der Waals surface area contributed by atoms with Crippen LogP contribution in [0.1, 0.15) is 29.5 Å². The van der Waals surface area contributed by atoms with Crippen molar-refractivity contribution >= 4 is 39.0 Å². The van der Waals surface area contributed by atoms with E-state index in [0.717, 1.165) is 17.7 Å². The Kier molecular flexibility index (Phi) is 6.38. The fourth-order valence-electron chi connectivity index (χ4n) is 3.17. The number of nitrogens with zero attached hydrogens (tertiary/aromatic N) is 1. The van der Waals surface area contributed by atoms with Crippen molar-refractivity contribution in [2.24, 2.45) is 5.16 Å². The maximum Gasteiger partial charge on any atom is 0.435 e. The van der Waals surface area contributed by atoms with Gasteiger partial charge in [0, 0.05) is 22.0 Å². The Morgan fingerprint density at radius 1 is 1.10 bits per heavy atom. The molecule has 0 fully saturated rings. The molecule has 1 aliphatic rings. The molecule has 0 saturated carbocycles. The molecule has 1 heterocycles. The Morgan fingerprint density at radius 2 is 1.70 bits per heavy atom. The number of rotatable bonds is 6. The number of benzene rings is 2. The van der Waals surface area contributed by atoms with Crippen molar-refractivity contribution in [1.29, 1.82) is 0 Å². The van der Waals surface area contributed by atoms with Crippen LogP contribution in [0.4, 0.5) is 13.2 Å². The van der Waals surface area contributed by atoms with Crippen LogP contribution < -0.4 is 0 Å². The van der Waals surface area contributed by atoms with Crippen molar-refractivity contribution in [1.82, 2.24) is 0 Å². The molecule has 2 aromatic rings. The summed E-state index contributed by atoms with van der Waals surface area (Å²) in [5, 5.41) is 3.78. The van der Waals surface area contributed by atoms with Crippen LogP contribution in [0.15, 0.2) is 47.6 Å². The van der Waals surface area contributed by atoms with Crippen molar-refractivity contribution in [3.63, 3.8) is 0 Å². The lowest BCUT2D eigenvalue weighted by atomic mass is 9.86. The van der Waals surface area contributed by atoms with Gasteiger partial charge in [0.2, 0.25) is 0 Å². The standard InChI is InChI=1S/C19H16Cl2F3NO4S/c20-15-8-14(9-16(21)10-15)18(19(22,23)24)11-17(25-29-18)13-5-3-12(4-6-13)2-1-7-30(26,27)28/h3-6,8-10H,1-2,7,11H2,(H,26,27,28). The molecule has 2 aromatic carbocycles. The Bertz CT molecular complexity index is 1050. The SMILES string of the molecule is O=S(=O)(O)CCCc1ccc(C2=NOC(c3cc(Cl)cc(Cl)c3)(C(F)(F)F)C2)cc1. The van der Waals surface area contributed by atoms with Gasteiger partial charge in [0.05, 0.1) is 11.5 Å². The van der Waals surface area contributed by atoms with E-state index in [1.807, 2.05) is 0 Å². The van der Waals surface area contributed by atoms with Crippen molar-refractivity contribution < 1.29 is 31.0 Å². The van der Waals surface area contributed by atoms with Crippen molar-refractivity contribution in [3.05, 3.63) is 69.2 Å². The quantitative estimate of drug-likeness (QED) is 0.560. The predicted octanol–water partition coefficient (Wildman–Crippen LogP) is 5.40. The van der Waals surface area contributed by atoms with Gasteiger partial charge >= 0.3 is 6.18 Å². The summed E-state index contributed by atoms with van der Waals surface area (Å²) < 4.78 is 72.3. The van der Waals surface area contributed by atoms with E-state index in [1.54, 1.807) is 24.3 Å². The zero-order valence-corrected chi connectivity index (χ0v) is 17.6. The van der Waals surface area contributed by atoms with Crippen LogP contribution in [-0.4, -0.2) is 30.6 Å². The van der Waals surface area contributed by atoms with E-state index >= 15 is 0 Å². The second-order valence-corrected chi connectivity index (χ2v) is 9.32. The average Bonchev–Trinajstić information content (AvgIpc) is 3.07. The van der Waals surface area contributed by atoms with Gasteiger partial charge in [-0.05, 0) is 42.2 Å². The van der Waals surface area contributed by atoms with E-state index in [0.29, 0.717) is 12.0 Å². The summed E-state index contributed by atoms with van der Waals surface area (Å²) in [5.74, 6) is -0.369. The lowest BCUT2D eigenvalue weighted by Gasteiger charge is -2.29. The minimum absolute atomic E-state index is 0.0485. The Balaban J connectivity index is 1.80. The van der Waals surface area contributed by atoms with Crippen LogP contribution in [0.2, 0.25) is 10.0 Å². The number of halogens is 5. The molecule has 0 aromatic heterocycles. The smallest absolute Gasteiger partial charge is 0.374 e. The first-order valence-corrected chi connectivity index (χ1v) is 11.1. The summed E-state index contributed by atoms with van der Waals surface area (Å²) in [6.45, 7) is 0. The van der Waals surface area contributed by atoms with E-state index in [-0.39, 0.29) is 33.5 Å². The number of oxime groups is 1. The van der Waals surface area contributed by atoms with Gasteiger partial charge in [0.1, 0.15) is 0 Å². The molecule has 0 saturated heterocycles. The number of aryl methyl sites for hydroxylation is 1. The second-order valence-electron chi connectivity index (χ2n) is 6.88. The van der Waals surface area contributed by atoms with E-state index in [1.165, 1.54) is 6.07 Å². The first-order chi connectivity index (χ1) is 13.9. The molecule has 0 spiro atoms. The molecule has 30 heavy (non-hydrogen) atoms. The molecule has 162 valence electrons. The van der Waals surface area contributed by atoms with Crippen LogP contribution in [0.25, 0.3) is 0 Å². The highest BCUT2D eigenvalue weighted by atomic mass is 35.5. The molecule has 0 bridgehead atoms. The minimum atomic E-state index is -4.78. The largest absolute Gasteiger partial charge is 0.435 e. The maximum atomic E-state index is 14.0. The summed E-state index contributed by atoms with van der Waals surface area (Å²) in [5.41, 5.74) is -1.63. The van der Waals surface area contributed by atoms with Crippen molar-refractivity contribution in [2.45, 2.75) is 31.0 Å². The monoisotopic (exact) mass is 481 g/mol. The molecule has 11 heteroatoms. The van der Waals surface area contributed by atoms with Gasteiger partial charge < -0.3 is 4.84 Å². The fourth-order valence-corrected chi connectivity index (χ4v) is 4.20. The molecule has 1 unspecified atom stereocenters. The molecule has 0 radical (unpaired) electrons. The van der Waals surface area contributed by atoms with Crippen molar-refractivity contribution in [3.8, 4) is 0 Å². The van der Waals surface area contributed by atoms with E-state index < -0.39 is 28.3 Å². The Morgan fingerprint density at radius 3 is 2.23 bits per heavy atom. The Labute approximate surface area is 181 Å². The lowest BCUT2D eigenvalue weighted by molar-refractivity contribution is -0.275. The number of hydrogen-bond acceptors (Lipinski definition) is 4. The molecule has 3 rings (SSSR count). The molecule has 0 amide bonds. The molecule has 1 N–H and O–H groups in total. The normalized spacial score (nSPS) is 19.5. The van der Waals surface area contributed by atoms with Crippen LogP contribution in [0, 0.1) is 0 Å². The third kappa shape index (κ3) is 5.08. The number of alkyl halides is 3. The molecular formula is C19H16Cl2F3NO4S. The molecular weight excluding hydrogens is 466 g/mol. The molecule has 1 atom stereocenters. The van der Waals surface area contributed by atoms with Crippen LogP contribution in [0.3, 0.4) is 0 Å². The molecule has 5 nitrogen and oxygen atoms in total. The maximum absolute atomic E-state index is 14.0. The first-order valence-electron chi connectivity index (χ1n) is 8.72. The summed E-state index contributed by atoms with van der Waals surface area (Å²) in [6, 6.07) is 10.1. The van der Waals surface area contributed by atoms with Gasteiger partial charge in [-0.25, -0.2) is 0 Å². The van der Waals surface area contributed by atoms with E-state index in [9.17, 15) is 21.6 Å². The summed E-state index contributed by atoms with van der Waals surface area (Å²) >= 11 is 11.8. The highest BCUT2D eigenvalue weighted by Crippen LogP contribution is 2.49. The fraction of sp³-hybridized carbons (Fsp3) is 0.316. The summed E-state index contributed by atoms with van der Waals surface area (Å²) in [7, 11) is -4.04. The van der Waals surface area contributed by atoms with Gasteiger partial charge in [-0.3, -0.25) is 4.55 Å². The topological polar surface area (TPSA) is 76.0 Å². The zero-order valence-electron chi connectivity index (χ0n) is 15.3. The number of hydrogen-bond donors (Lipinski definition) is 1. The van der Waals surface area contributed by atoms with Gasteiger partial charge in [0.25, 0.3) is 15.7 Å². The van der Waals surface area contributed by atoms with Crippen LogP contribution >= 0.6 is 23.2 Å².